The van der Waals surface area contributed by atoms with Gasteiger partial charge in [-0.15, -0.1) is 0 Å². The Labute approximate surface area is 212 Å². The van der Waals surface area contributed by atoms with Crippen molar-refractivity contribution in [1.82, 2.24) is 5.32 Å². The van der Waals surface area contributed by atoms with Crippen molar-refractivity contribution in [2.75, 3.05) is 13.7 Å². The van der Waals surface area contributed by atoms with Crippen molar-refractivity contribution >= 4 is 6.21 Å². The second-order valence-corrected chi connectivity index (χ2v) is 10.1. The zero-order chi connectivity index (χ0) is 25.3. The first-order valence-corrected chi connectivity index (χ1v) is 12.6. The average molecular weight is 488 g/mol. The van der Waals surface area contributed by atoms with E-state index in [0.29, 0.717) is 23.9 Å². The Hall–Kier alpha value is -3.02. The fourth-order valence-electron chi connectivity index (χ4n) is 5.85. The van der Waals surface area contributed by atoms with Crippen LogP contribution in [-0.2, 0) is 15.1 Å². The fraction of sp³-hybridized carbons (Fsp3) is 0.448. The molecule has 0 amide bonds. The number of fused-ring (bicyclic) bond motifs is 1. The Morgan fingerprint density at radius 1 is 1.22 bits per heavy atom. The number of ether oxygens (including phenoxy) is 2. The van der Waals surface area contributed by atoms with Crippen LogP contribution in [0.3, 0.4) is 0 Å². The number of rotatable bonds is 8. The van der Waals surface area contributed by atoms with Gasteiger partial charge >= 0.3 is 0 Å². The highest BCUT2D eigenvalue weighted by Gasteiger charge is 2.74. The molecule has 36 heavy (non-hydrogen) atoms. The van der Waals surface area contributed by atoms with Gasteiger partial charge in [-0.05, 0) is 43.0 Å². The van der Waals surface area contributed by atoms with E-state index in [4.69, 9.17) is 9.47 Å². The molecule has 2 aromatic carbocycles. The van der Waals surface area contributed by atoms with Crippen LogP contribution in [0.25, 0.3) is 0 Å². The first-order chi connectivity index (χ1) is 17.4. The Bertz CT molecular complexity index is 1170. The molecule has 0 radical (unpaired) electrons. The molecule has 2 aliphatic carbocycles. The van der Waals surface area contributed by atoms with Gasteiger partial charge in [0.1, 0.15) is 11.4 Å². The lowest BCUT2D eigenvalue weighted by atomic mass is 9.72. The summed E-state index contributed by atoms with van der Waals surface area (Å²) in [5, 5.41) is 37.1. The number of aliphatic hydroxyl groups is 2. The first kappa shape index (κ1) is 24.7. The average Bonchev–Trinajstić information content (AvgIpc) is 3.66. The molecule has 0 spiro atoms. The van der Waals surface area contributed by atoms with E-state index < -0.39 is 17.3 Å². The van der Waals surface area contributed by atoms with Crippen molar-refractivity contribution in [3.05, 3.63) is 83.2 Å². The number of nitrogens with one attached hydrogen (secondary N) is 1. The SMILES string of the molecule is COC(C)C=N/C=C1\C[C@]2(O)[C@H](O)[C@H](CNC3CC3)[C@@H](c3ccccc3)[C@]2(c2ccc(C#N)cc2)O1. The molecule has 7 nitrogen and oxygen atoms in total. The van der Waals surface area contributed by atoms with Crippen LogP contribution in [0.2, 0.25) is 0 Å². The maximum atomic E-state index is 12.4. The Morgan fingerprint density at radius 3 is 2.58 bits per heavy atom. The van der Waals surface area contributed by atoms with Gasteiger partial charge in [-0.25, -0.2) is 0 Å². The molecule has 3 aliphatic rings. The lowest BCUT2D eigenvalue weighted by molar-refractivity contribution is -0.143. The minimum atomic E-state index is -1.59. The molecule has 2 aromatic rings. The number of aliphatic imine (C=N–C) groups is 1. The standard InChI is InChI=1S/C29H33N3O4/c1-19(35-2)16-31-17-24-14-28(34)27(33)25(18-32-23-12-13-23)26(21-6-4-3-5-7-21)29(28,36-24)22-10-8-20(15-30)9-11-22/h3-11,16-17,19,23,25-27,32-34H,12-14,18H2,1-2H3/b24-17+,31-16?/t19?,25-,26-,27-,28+,29+/m1/s1. The third-order valence-electron chi connectivity index (χ3n) is 7.85. The van der Waals surface area contributed by atoms with E-state index in [-0.39, 0.29) is 24.4 Å². The van der Waals surface area contributed by atoms with E-state index in [1.807, 2.05) is 49.4 Å². The van der Waals surface area contributed by atoms with Crippen molar-refractivity contribution in [1.29, 1.82) is 5.26 Å². The van der Waals surface area contributed by atoms with Crippen LogP contribution in [0.4, 0.5) is 0 Å². The summed E-state index contributed by atoms with van der Waals surface area (Å²) in [4.78, 5) is 4.36. The Kier molecular flexibility index (Phi) is 6.71. The summed E-state index contributed by atoms with van der Waals surface area (Å²) in [6.45, 7) is 2.45. The van der Waals surface area contributed by atoms with Crippen molar-refractivity contribution in [2.45, 2.75) is 61.6 Å². The molecular weight excluding hydrogens is 454 g/mol. The summed E-state index contributed by atoms with van der Waals surface area (Å²) in [7, 11) is 1.61. The second-order valence-electron chi connectivity index (χ2n) is 10.1. The van der Waals surface area contributed by atoms with Gasteiger partial charge in [0.25, 0.3) is 0 Å². The fourth-order valence-corrected chi connectivity index (χ4v) is 5.85. The maximum absolute atomic E-state index is 12.4. The number of hydrogen-bond donors (Lipinski definition) is 3. The normalized spacial score (nSPS) is 33.4. The summed E-state index contributed by atoms with van der Waals surface area (Å²) in [5.41, 5.74) is -0.620. The summed E-state index contributed by atoms with van der Waals surface area (Å²) in [5.74, 6) is -0.132. The highest BCUT2D eigenvalue weighted by molar-refractivity contribution is 5.63. The third kappa shape index (κ3) is 4.14. The van der Waals surface area contributed by atoms with Gasteiger partial charge in [0.05, 0.1) is 30.0 Å². The topological polar surface area (TPSA) is 107 Å². The minimum absolute atomic E-state index is 0.121. The molecule has 1 unspecified atom stereocenters. The number of hydrogen-bond acceptors (Lipinski definition) is 7. The largest absolute Gasteiger partial charge is 0.481 e. The van der Waals surface area contributed by atoms with Crippen LogP contribution >= 0.6 is 0 Å². The van der Waals surface area contributed by atoms with Crippen LogP contribution in [-0.4, -0.2) is 53.9 Å². The Morgan fingerprint density at radius 2 is 1.94 bits per heavy atom. The maximum Gasteiger partial charge on any atom is 0.172 e. The van der Waals surface area contributed by atoms with E-state index in [2.05, 4.69) is 16.4 Å². The van der Waals surface area contributed by atoms with Gasteiger partial charge in [0.2, 0.25) is 0 Å². The highest BCUT2D eigenvalue weighted by Crippen LogP contribution is 2.66. The summed E-state index contributed by atoms with van der Waals surface area (Å²) < 4.78 is 12.0. The molecular formula is C29H33N3O4. The monoisotopic (exact) mass is 487 g/mol. The van der Waals surface area contributed by atoms with E-state index >= 15 is 0 Å². The van der Waals surface area contributed by atoms with Crippen molar-refractivity contribution in [3.63, 3.8) is 0 Å². The molecule has 3 fully saturated rings. The molecule has 1 aliphatic heterocycles. The third-order valence-corrected chi connectivity index (χ3v) is 7.85. The molecule has 0 bridgehead atoms. The lowest BCUT2D eigenvalue weighted by Gasteiger charge is -2.40. The molecule has 3 N–H and O–H groups in total. The van der Waals surface area contributed by atoms with Gasteiger partial charge in [0.15, 0.2) is 5.60 Å². The van der Waals surface area contributed by atoms with Crippen LogP contribution in [0.15, 0.2) is 71.5 Å². The molecule has 0 aromatic heterocycles. The summed E-state index contributed by atoms with van der Waals surface area (Å²) >= 11 is 0. The first-order valence-electron chi connectivity index (χ1n) is 12.6. The number of nitrogens with zero attached hydrogens (tertiary/aromatic N) is 2. The predicted octanol–water partition coefficient (Wildman–Crippen LogP) is 3.38. The lowest BCUT2D eigenvalue weighted by Crippen LogP contribution is -2.52. The predicted molar refractivity (Wildman–Crippen MR) is 136 cm³/mol. The highest BCUT2D eigenvalue weighted by atomic mass is 16.5. The number of methoxy groups -OCH3 is 1. The van der Waals surface area contributed by atoms with Crippen molar-refractivity contribution in [3.8, 4) is 6.07 Å². The zero-order valence-corrected chi connectivity index (χ0v) is 20.7. The smallest absolute Gasteiger partial charge is 0.172 e. The van der Waals surface area contributed by atoms with Crippen LogP contribution < -0.4 is 5.32 Å². The van der Waals surface area contributed by atoms with E-state index in [1.165, 1.54) is 0 Å². The molecule has 1 saturated heterocycles. The molecule has 1 heterocycles. The van der Waals surface area contributed by atoms with Crippen LogP contribution in [0.1, 0.15) is 48.8 Å². The minimum Gasteiger partial charge on any atom is -0.481 e. The van der Waals surface area contributed by atoms with Crippen LogP contribution in [0, 0.1) is 17.2 Å². The Balaban J connectivity index is 1.65. The molecule has 5 rings (SSSR count). The van der Waals surface area contributed by atoms with Gasteiger partial charge in [0, 0.05) is 44.2 Å². The van der Waals surface area contributed by atoms with Gasteiger partial charge in [-0.3, -0.25) is 4.99 Å². The quantitative estimate of drug-likeness (QED) is 0.493. The molecule has 188 valence electrons. The number of benzene rings is 2. The van der Waals surface area contributed by atoms with Crippen LogP contribution in [0.5, 0.6) is 0 Å². The molecule has 7 heteroatoms. The zero-order valence-electron chi connectivity index (χ0n) is 20.7. The summed E-state index contributed by atoms with van der Waals surface area (Å²) in [6.07, 6.45) is 4.43. The van der Waals surface area contributed by atoms with Crippen molar-refractivity contribution < 1.29 is 19.7 Å². The molecule has 6 atom stereocenters. The van der Waals surface area contributed by atoms with E-state index in [9.17, 15) is 15.5 Å². The number of aliphatic hydroxyl groups excluding tert-OH is 1. The van der Waals surface area contributed by atoms with Crippen molar-refractivity contribution in [2.24, 2.45) is 10.9 Å². The number of nitriles is 1. The second kappa shape index (κ2) is 9.79. The van der Waals surface area contributed by atoms with Gasteiger partial charge < -0.3 is 25.0 Å². The molecule has 2 saturated carbocycles. The van der Waals surface area contributed by atoms with E-state index in [0.717, 1.165) is 24.0 Å². The van der Waals surface area contributed by atoms with Gasteiger partial charge in [-0.1, -0.05) is 42.5 Å². The summed E-state index contributed by atoms with van der Waals surface area (Å²) in [6, 6.07) is 19.7. The van der Waals surface area contributed by atoms with Gasteiger partial charge in [-0.2, -0.15) is 5.26 Å². The van der Waals surface area contributed by atoms with E-state index in [1.54, 1.807) is 31.7 Å².